The quantitative estimate of drug-likeness (QED) is 0.715. The standard InChI is InChI=1S/C18H17ClN2O3S/c1-11-5-7-15(9-16(11)19)21-25(22,23)18-8-14(6-4-12(18)2)17-10-20-13(3)24-17/h4-10,21H,1-3H3. The third-order valence-corrected chi connectivity index (χ3v) is 5.74. The number of oxazole rings is 1. The van der Waals surface area contributed by atoms with Gasteiger partial charge in [-0.1, -0.05) is 29.8 Å². The van der Waals surface area contributed by atoms with E-state index in [2.05, 4.69) is 9.71 Å². The van der Waals surface area contributed by atoms with Gasteiger partial charge in [-0.25, -0.2) is 13.4 Å². The number of sulfonamides is 1. The highest BCUT2D eigenvalue weighted by Gasteiger charge is 2.19. The largest absolute Gasteiger partial charge is 0.441 e. The van der Waals surface area contributed by atoms with E-state index in [1.165, 1.54) is 0 Å². The maximum Gasteiger partial charge on any atom is 0.262 e. The molecule has 0 aliphatic rings. The zero-order chi connectivity index (χ0) is 18.2. The van der Waals surface area contributed by atoms with Crippen molar-refractivity contribution >= 4 is 27.3 Å². The number of halogens is 1. The van der Waals surface area contributed by atoms with Gasteiger partial charge in [0.1, 0.15) is 0 Å². The fourth-order valence-electron chi connectivity index (χ4n) is 2.40. The molecule has 0 fully saturated rings. The zero-order valence-corrected chi connectivity index (χ0v) is 15.6. The van der Waals surface area contributed by atoms with Gasteiger partial charge in [0, 0.05) is 17.5 Å². The highest BCUT2D eigenvalue weighted by Crippen LogP contribution is 2.28. The van der Waals surface area contributed by atoms with Crippen molar-refractivity contribution in [1.82, 2.24) is 4.98 Å². The topological polar surface area (TPSA) is 72.2 Å². The molecule has 130 valence electrons. The molecule has 1 heterocycles. The minimum absolute atomic E-state index is 0.177. The number of aryl methyl sites for hydroxylation is 3. The molecule has 7 heteroatoms. The van der Waals surface area contributed by atoms with Crippen molar-refractivity contribution in [1.29, 1.82) is 0 Å². The van der Waals surface area contributed by atoms with Crippen LogP contribution in [0.3, 0.4) is 0 Å². The van der Waals surface area contributed by atoms with E-state index >= 15 is 0 Å². The lowest BCUT2D eigenvalue weighted by Crippen LogP contribution is -2.14. The van der Waals surface area contributed by atoms with Crippen molar-refractivity contribution in [3.05, 3.63) is 64.6 Å². The van der Waals surface area contributed by atoms with Gasteiger partial charge in [0.05, 0.1) is 16.8 Å². The predicted molar refractivity (Wildman–Crippen MR) is 98.4 cm³/mol. The maximum absolute atomic E-state index is 12.8. The summed E-state index contributed by atoms with van der Waals surface area (Å²) in [4.78, 5) is 4.22. The lowest BCUT2D eigenvalue weighted by Gasteiger charge is -2.12. The summed E-state index contributed by atoms with van der Waals surface area (Å²) in [6, 6.07) is 10.2. The van der Waals surface area contributed by atoms with Crippen LogP contribution in [-0.2, 0) is 10.0 Å². The van der Waals surface area contributed by atoms with Gasteiger partial charge < -0.3 is 4.42 Å². The van der Waals surface area contributed by atoms with Crippen LogP contribution in [0.15, 0.2) is 51.9 Å². The predicted octanol–water partition coefficient (Wildman–Crippen LogP) is 4.72. The molecular formula is C18H17ClN2O3S. The molecule has 2 aromatic carbocycles. The molecule has 1 aromatic heterocycles. The van der Waals surface area contributed by atoms with E-state index in [1.807, 2.05) is 6.92 Å². The molecule has 1 N–H and O–H groups in total. The van der Waals surface area contributed by atoms with Gasteiger partial charge in [0.15, 0.2) is 11.7 Å². The first-order chi connectivity index (χ1) is 11.8. The Morgan fingerprint density at radius 1 is 1.04 bits per heavy atom. The Balaban J connectivity index is 2.00. The average molecular weight is 377 g/mol. The average Bonchev–Trinajstić information content (AvgIpc) is 2.97. The molecule has 0 spiro atoms. The van der Waals surface area contributed by atoms with E-state index in [-0.39, 0.29) is 4.90 Å². The summed E-state index contributed by atoms with van der Waals surface area (Å²) in [6.45, 7) is 5.33. The number of aromatic nitrogens is 1. The van der Waals surface area contributed by atoms with Crippen molar-refractivity contribution in [2.45, 2.75) is 25.7 Å². The van der Waals surface area contributed by atoms with Crippen LogP contribution in [0.5, 0.6) is 0 Å². The molecule has 0 radical (unpaired) electrons. The molecule has 0 aliphatic carbocycles. The number of rotatable bonds is 4. The molecule has 0 saturated heterocycles. The fourth-order valence-corrected chi connectivity index (χ4v) is 3.91. The maximum atomic E-state index is 12.8. The van der Waals surface area contributed by atoms with E-state index in [0.717, 1.165) is 5.56 Å². The Morgan fingerprint density at radius 2 is 1.76 bits per heavy atom. The van der Waals surface area contributed by atoms with E-state index in [1.54, 1.807) is 56.4 Å². The van der Waals surface area contributed by atoms with Crippen LogP contribution in [0, 0.1) is 20.8 Å². The lowest BCUT2D eigenvalue weighted by molar-refractivity contribution is 0.534. The number of nitrogens with one attached hydrogen (secondary N) is 1. The van der Waals surface area contributed by atoms with Crippen LogP contribution in [-0.4, -0.2) is 13.4 Å². The summed E-state index contributed by atoms with van der Waals surface area (Å²) >= 11 is 6.07. The zero-order valence-electron chi connectivity index (χ0n) is 14.0. The second kappa shape index (κ2) is 6.54. The SMILES string of the molecule is Cc1ncc(-c2ccc(C)c(S(=O)(=O)Nc3ccc(C)c(Cl)c3)c2)o1. The van der Waals surface area contributed by atoms with E-state index in [9.17, 15) is 8.42 Å². The minimum Gasteiger partial charge on any atom is -0.441 e. The van der Waals surface area contributed by atoms with Crippen molar-refractivity contribution in [2.24, 2.45) is 0 Å². The first-order valence-corrected chi connectivity index (χ1v) is 9.45. The Kier molecular flexibility index (Phi) is 4.58. The summed E-state index contributed by atoms with van der Waals surface area (Å²) in [5, 5.41) is 0.503. The van der Waals surface area contributed by atoms with Crippen LogP contribution in [0.1, 0.15) is 17.0 Å². The van der Waals surface area contributed by atoms with Crippen molar-refractivity contribution in [3.63, 3.8) is 0 Å². The number of hydrogen-bond donors (Lipinski definition) is 1. The van der Waals surface area contributed by atoms with Gasteiger partial charge in [-0.05, 0) is 43.2 Å². The van der Waals surface area contributed by atoms with Crippen LogP contribution in [0.4, 0.5) is 5.69 Å². The molecule has 0 aliphatic heterocycles. The van der Waals surface area contributed by atoms with Gasteiger partial charge in [-0.3, -0.25) is 4.72 Å². The molecule has 25 heavy (non-hydrogen) atoms. The highest BCUT2D eigenvalue weighted by atomic mass is 35.5. The molecule has 5 nitrogen and oxygen atoms in total. The van der Waals surface area contributed by atoms with Crippen molar-refractivity contribution in [2.75, 3.05) is 4.72 Å². The van der Waals surface area contributed by atoms with E-state index < -0.39 is 10.0 Å². The number of hydrogen-bond acceptors (Lipinski definition) is 4. The normalized spacial score (nSPS) is 11.5. The van der Waals surface area contributed by atoms with Crippen LogP contribution >= 0.6 is 11.6 Å². The summed E-state index contributed by atoms with van der Waals surface area (Å²) in [5.41, 5.74) is 2.57. The first kappa shape index (κ1) is 17.5. The molecule has 0 unspecified atom stereocenters. The van der Waals surface area contributed by atoms with Gasteiger partial charge in [-0.15, -0.1) is 0 Å². The summed E-state index contributed by atoms with van der Waals surface area (Å²) < 4.78 is 33.7. The monoisotopic (exact) mass is 376 g/mol. The van der Waals surface area contributed by atoms with Gasteiger partial charge in [0.2, 0.25) is 0 Å². The lowest BCUT2D eigenvalue weighted by atomic mass is 10.1. The molecule has 3 aromatic rings. The van der Waals surface area contributed by atoms with Crippen LogP contribution < -0.4 is 4.72 Å². The second-order valence-electron chi connectivity index (χ2n) is 5.79. The molecule has 0 bridgehead atoms. The van der Waals surface area contributed by atoms with Crippen molar-refractivity contribution < 1.29 is 12.8 Å². The summed E-state index contributed by atoms with van der Waals surface area (Å²) in [6.07, 6.45) is 1.57. The Bertz CT molecular complexity index is 1040. The van der Waals surface area contributed by atoms with Gasteiger partial charge in [0.25, 0.3) is 10.0 Å². The van der Waals surface area contributed by atoms with E-state index in [0.29, 0.717) is 33.5 Å². The van der Waals surface area contributed by atoms with Gasteiger partial charge in [-0.2, -0.15) is 0 Å². The number of benzene rings is 2. The third kappa shape index (κ3) is 3.70. The summed E-state index contributed by atoms with van der Waals surface area (Å²) in [7, 11) is -3.77. The van der Waals surface area contributed by atoms with Crippen molar-refractivity contribution in [3.8, 4) is 11.3 Å². The Morgan fingerprint density at radius 3 is 2.40 bits per heavy atom. The molecule has 0 amide bonds. The molecular weight excluding hydrogens is 360 g/mol. The summed E-state index contributed by atoms with van der Waals surface area (Å²) in [5.74, 6) is 1.04. The van der Waals surface area contributed by atoms with Crippen LogP contribution in [0.25, 0.3) is 11.3 Å². The molecule has 0 atom stereocenters. The highest BCUT2D eigenvalue weighted by molar-refractivity contribution is 7.92. The Labute approximate surface area is 151 Å². The second-order valence-corrected chi connectivity index (χ2v) is 7.85. The fraction of sp³-hybridized carbons (Fsp3) is 0.167. The first-order valence-electron chi connectivity index (χ1n) is 7.59. The minimum atomic E-state index is -3.77. The third-order valence-electron chi connectivity index (χ3n) is 3.81. The van der Waals surface area contributed by atoms with Crippen LogP contribution in [0.2, 0.25) is 5.02 Å². The molecule has 0 saturated carbocycles. The number of anilines is 1. The Hall–Kier alpha value is -2.31. The van der Waals surface area contributed by atoms with E-state index in [4.69, 9.17) is 16.0 Å². The smallest absolute Gasteiger partial charge is 0.262 e. The van der Waals surface area contributed by atoms with Gasteiger partial charge >= 0.3 is 0 Å². The molecule has 3 rings (SSSR count). The number of nitrogens with zero attached hydrogens (tertiary/aromatic N) is 1.